The summed E-state index contributed by atoms with van der Waals surface area (Å²) in [5, 5.41) is 13.3. The van der Waals surface area contributed by atoms with Crippen LogP contribution in [0.3, 0.4) is 0 Å². The van der Waals surface area contributed by atoms with Crippen LogP contribution in [0.1, 0.15) is 29.8 Å². The van der Waals surface area contributed by atoms with Crippen LogP contribution in [0.25, 0.3) is 5.69 Å². The third-order valence-electron chi connectivity index (χ3n) is 4.05. The number of aryl methyl sites for hydroxylation is 1. The monoisotopic (exact) mass is 362 g/mol. The number of carbonyl (C=O) groups excluding carboxylic acids is 1. The van der Waals surface area contributed by atoms with E-state index >= 15 is 0 Å². The fourth-order valence-corrected chi connectivity index (χ4v) is 2.76. The van der Waals surface area contributed by atoms with E-state index in [1.54, 1.807) is 18.2 Å². The molecule has 3 rings (SSSR count). The molecule has 1 aromatic carbocycles. The van der Waals surface area contributed by atoms with Gasteiger partial charge in [-0.15, -0.1) is 5.10 Å². The summed E-state index contributed by atoms with van der Waals surface area (Å²) in [6.45, 7) is 2.24. The van der Waals surface area contributed by atoms with Gasteiger partial charge in [-0.1, -0.05) is 19.1 Å². The first kappa shape index (κ1) is 18.0. The van der Waals surface area contributed by atoms with Crippen LogP contribution in [-0.2, 0) is 16.0 Å². The van der Waals surface area contributed by atoms with Gasteiger partial charge in [0.1, 0.15) is 17.3 Å². The number of morpholine rings is 1. The van der Waals surface area contributed by atoms with Gasteiger partial charge in [0.15, 0.2) is 6.10 Å². The van der Waals surface area contributed by atoms with Crippen LogP contribution in [0, 0.1) is 5.82 Å². The molecular weight excluding hydrogens is 343 g/mol. The predicted octanol–water partition coefficient (Wildman–Crippen LogP) is 1.28. The Morgan fingerprint density at radius 2 is 2.15 bits per heavy atom. The molecule has 1 aromatic heterocycles. The molecule has 0 bridgehead atoms. The molecule has 26 heavy (non-hydrogen) atoms. The van der Waals surface area contributed by atoms with Crippen molar-refractivity contribution < 1.29 is 23.8 Å². The van der Waals surface area contributed by atoms with E-state index in [9.17, 15) is 14.0 Å². The Balaban J connectivity index is 1.91. The van der Waals surface area contributed by atoms with Gasteiger partial charge >= 0.3 is 5.97 Å². The zero-order chi connectivity index (χ0) is 18.7. The first-order chi connectivity index (χ1) is 12.5. The normalized spacial score (nSPS) is 17.3. The van der Waals surface area contributed by atoms with Crippen LogP contribution < -0.4 is 0 Å². The zero-order valence-electron chi connectivity index (χ0n) is 14.3. The highest BCUT2D eigenvalue weighted by atomic mass is 19.1. The maximum atomic E-state index is 14.1. The largest absolute Gasteiger partial charge is 0.479 e. The molecule has 0 radical (unpaired) electrons. The first-order valence-corrected chi connectivity index (χ1v) is 8.35. The van der Waals surface area contributed by atoms with Gasteiger partial charge in [-0.25, -0.2) is 18.9 Å². The average molecular weight is 362 g/mol. The van der Waals surface area contributed by atoms with Crippen LogP contribution in [0.2, 0.25) is 0 Å². The average Bonchev–Trinajstić information content (AvgIpc) is 3.05. The van der Waals surface area contributed by atoms with E-state index in [0.29, 0.717) is 12.2 Å². The summed E-state index contributed by atoms with van der Waals surface area (Å²) in [5.74, 6) is -1.69. The van der Waals surface area contributed by atoms with Gasteiger partial charge in [-0.3, -0.25) is 4.79 Å². The number of nitrogens with zero attached hydrogens (tertiary/aromatic N) is 4. The van der Waals surface area contributed by atoms with E-state index in [1.807, 2.05) is 6.92 Å². The van der Waals surface area contributed by atoms with E-state index in [1.165, 1.54) is 15.6 Å². The number of para-hydroxylation sites is 1. The molecule has 1 N–H and O–H groups in total. The number of benzene rings is 1. The van der Waals surface area contributed by atoms with Crippen LogP contribution >= 0.6 is 0 Å². The molecule has 0 spiro atoms. The van der Waals surface area contributed by atoms with Gasteiger partial charge in [0.25, 0.3) is 5.91 Å². The molecule has 1 amide bonds. The number of ether oxygens (including phenoxy) is 1. The van der Waals surface area contributed by atoms with Crippen LogP contribution in [0.5, 0.6) is 0 Å². The smallest absolute Gasteiger partial charge is 0.334 e. The number of aliphatic carboxylic acids is 1. The van der Waals surface area contributed by atoms with Gasteiger partial charge in [-0.2, -0.15) is 0 Å². The lowest BCUT2D eigenvalue weighted by atomic mass is 10.2. The van der Waals surface area contributed by atoms with Crippen LogP contribution in [-0.4, -0.2) is 62.4 Å². The number of hydrogen-bond acceptors (Lipinski definition) is 5. The van der Waals surface area contributed by atoms with Gasteiger partial charge in [0.05, 0.1) is 13.2 Å². The molecule has 1 aliphatic heterocycles. The number of aromatic nitrogens is 3. The number of amides is 1. The van der Waals surface area contributed by atoms with E-state index in [4.69, 9.17) is 9.84 Å². The number of hydrogen-bond donors (Lipinski definition) is 1. The summed E-state index contributed by atoms with van der Waals surface area (Å²) >= 11 is 0. The van der Waals surface area contributed by atoms with E-state index in [-0.39, 0.29) is 31.2 Å². The molecule has 2 heterocycles. The second-order valence-electron chi connectivity index (χ2n) is 5.91. The van der Waals surface area contributed by atoms with Gasteiger partial charge < -0.3 is 14.7 Å². The van der Waals surface area contributed by atoms with Crippen molar-refractivity contribution in [1.29, 1.82) is 0 Å². The second-order valence-corrected chi connectivity index (χ2v) is 5.91. The van der Waals surface area contributed by atoms with Crippen LogP contribution in [0.4, 0.5) is 4.39 Å². The zero-order valence-corrected chi connectivity index (χ0v) is 14.3. The number of carbonyl (C=O) groups is 2. The maximum absolute atomic E-state index is 14.1. The standard InChI is InChI=1S/C17H19FN4O4/c1-2-5-14-19-15(20-22(14)12-7-4-3-6-11(12)18)16(23)21-8-9-26-13(10-21)17(24)25/h3-4,6-7,13H,2,5,8-10H2,1H3,(H,24,25)/t13-/m1/s1. The van der Waals surface area contributed by atoms with Crippen molar-refractivity contribution >= 4 is 11.9 Å². The predicted molar refractivity (Wildman–Crippen MR) is 88.6 cm³/mol. The lowest BCUT2D eigenvalue weighted by molar-refractivity contribution is -0.154. The molecule has 9 heteroatoms. The number of carboxylic acids is 1. The molecule has 0 aliphatic carbocycles. The van der Waals surface area contributed by atoms with Gasteiger partial charge in [0.2, 0.25) is 5.82 Å². The molecule has 1 saturated heterocycles. The number of carboxylic acid groups (broad SMARTS) is 1. The quantitative estimate of drug-likeness (QED) is 0.861. The van der Waals surface area contributed by atoms with Crippen molar-refractivity contribution in [2.24, 2.45) is 0 Å². The number of halogens is 1. The number of rotatable bonds is 5. The fraction of sp³-hybridized carbons (Fsp3) is 0.412. The topological polar surface area (TPSA) is 97.6 Å². The Morgan fingerprint density at radius 1 is 1.38 bits per heavy atom. The molecule has 1 aliphatic rings. The molecule has 0 unspecified atom stereocenters. The molecule has 1 atom stereocenters. The second kappa shape index (κ2) is 7.61. The summed E-state index contributed by atoms with van der Waals surface area (Å²) in [6, 6.07) is 6.12. The van der Waals surface area contributed by atoms with Crippen molar-refractivity contribution in [3.63, 3.8) is 0 Å². The molecule has 2 aromatic rings. The molecule has 0 saturated carbocycles. The van der Waals surface area contributed by atoms with Gasteiger partial charge in [0, 0.05) is 13.0 Å². The Morgan fingerprint density at radius 3 is 2.85 bits per heavy atom. The Kier molecular flexibility index (Phi) is 5.27. The third kappa shape index (κ3) is 3.57. The molecular formula is C17H19FN4O4. The summed E-state index contributed by atoms with van der Waals surface area (Å²) in [7, 11) is 0. The highest BCUT2D eigenvalue weighted by Gasteiger charge is 2.31. The van der Waals surface area contributed by atoms with Crippen LogP contribution in [0.15, 0.2) is 24.3 Å². The fourth-order valence-electron chi connectivity index (χ4n) is 2.76. The van der Waals surface area contributed by atoms with Crippen molar-refractivity contribution in [1.82, 2.24) is 19.7 Å². The lowest BCUT2D eigenvalue weighted by Crippen LogP contribution is -2.48. The van der Waals surface area contributed by atoms with Gasteiger partial charge in [-0.05, 0) is 18.6 Å². The Bertz CT molecular complexity index is 823. The Labute approximate surface area is 149 Å². The molecule has 8 nitrogen and oxygen atoms in total. The minimum absolute atomic E-state index is 0.0779. The van der Waals surface area contributed by atoms with E-state index in [2.05, 4.69) is 10.1 Å². The highest BCUT2D eigenvalue weighted by Crippen LogP contribution is 2.17. The summed E-state index contributed by atoms with van der Waals surface area (Å²) in [4.78, 5) is 29.4. The molecule has 1 fully saturated rings. The first-order valence-electron chi connectivity index (χ1n) is 8.35. The van der Waals surface area contributed by atoms with Crippen molar-refractivity contribution in [3.05, 3.63) is 41.7 Å². The summed E-state index contributed by atoms with van der Waals surface area (Å²) < 4.78 is 20.6. The Hall–Kier alpha value is -2.81. The van der Waals surface area contributed by atoms with Crippen molar-refractivity contribution in [3.8, 4) is 5.69 Å². The highest BCUT2D eigenvalue weighted by molar-refractivity contribution is 5.91. The summed E-state index contributed by atoms with van der Waals surface area (Å²) in [5.41, 5.74) is 0.216. The summed E-state index contributed by atoms with van der Waals surface area (Å²) in [6.07, 6.45) is 0.200. The maximum Gasteiger partial charge on any atom is 0.334 e. The third-order valence-corrected chi connectivity index (χ3v) is 4.05. The minimum Gasteiger partial charge on any atom is -0.479 e. The SMILES string of the molecule is CCCc1nc(C(=O)N2CCO[C@@H](C(=O)O)C2)nn1-c1ccccc1F. The van der Waals surface area contributed by atoms with Crippen molar-refractivity contribution in [2.75, 3.05) is 19.7 Å². The van der Waals surface area contributed by atoms with E-state index < -0.39 is 23.8 Å². The lowest BCUT2D eigenvalue weighted by Gasteiger charge is -2.29. The van der Waals surface area contributed by atoms with E-state index in [0.717, 1.165) is 6.42 Å². The van der Waals surface area contributed by atoms with Crippen molar-refractivity contribution in [2.45, 2.75) is 25.9 Å². The molecule has 138 valence electrons. The minimum atomic E-state index is -1.13.